The molecule has 1 saturated heterocycles. The van der Waals surface area contributed by atoms with Gasteiger partial charge in [0, 0.05) is 50.6 Å². The number of ether oxygens (including phenoxy) is 2. The highest BCUT2D eigenvalue weighted by Crippen LogP contribution is 2.39. The number of nitrogens with one attached hydrogen (secondary N) is 1. The maximum absolute atomic E-state index is 12.7. The molecule has 3 unspecified atom stereocenters. The zero-order valence-electron chi connectivity index (χ0n) is 29.1. The average molecular weight is 690 g/mol. The highest BCUT2D eigenvalue weighted by Gasteiger charge is 2.33. The number of pyridine rings is 1. The zero-order chi connectivity index (χ0) is 35.5. The number of aliphatic hydroxyl groups is 1. The van der Waals surface area contributed by atoms with Gasteiger partial charge in [0.25, 0.3) is 5.91 Å². The van der Waals surface area contributed by atoms with Crippen LogP contribution in [0.5, 0.6) is 0 Å². The van der Waals surface area contributed by atoms with Crippen LogP contribution in [0.4, 0.5) is 0 Å². The molecule has 2 N–H and O–H groups in total. The first kappa shape index (κ1) is 35.0. The molecule has 262 valence electrons. The van der Waals surface area contributed by atoms with Gasteiger partial charge in [0.1, 0.15) is 0 Å². The Kier molecular flexibility index (Phi) is 11.6. The van der Waals surface area contributed by atoms with Crippen molar-refractivity contribution in [3.63, 3.8) is 0 Å². The summed E-state index contributed by atoms with van der Waals surface area (Å²) in [4.78, 5) is 19.2. The molecule has 1 aliphatic rings. The normalized spacial score (nSPS) is 17.2. The van der Waals surface area contributed by atoms with Gasteiger partial charge in [0.2, 0.25) is 0 Å². The fourth-order valence-corrected chi connectivity index (χ4v) is 6.74. The maximum atomic E-state index is 12.7. The fourth-order valence-electron chi connectivity index (χ4n) is 6.74. The van der Waals surface area contributed by atoms with Crippen molar-refractivity contribution in [3.8, 4) is 11.1 Å². The Bertz CT molecular complexity index is 1960. The largest absolute Gasteiger partial charge is 0.392 e. The van der Waals surface area contributed by atoms with Gasteiger partial charge in [-0.3, -0.25) is 14.7 Å². The number of hydrogen-bond acceptors (Lipinski definition) is 6. The summed E-state index contributed by atoms with van der Waals surface area (Å²) in [5.41, 5.74) is 9.00. The van der Waals surface area contributed by atoms with E-state index in [1.165, 1.54) is 11.1 Å². The first-order valence-electron chi connectivity index (χ1n) is 17.8. The van der Waals surface area contributed by atoms with Crippen LogP contribution in [0.3, 0.4) is 0 Å². The van der Waals surface area contributed by atoms with Crippen LogP contribution in [0.1, 0.15) is 62.6 Å². The van der Waals surface area contributed by atoms with Crippen LogP contribution in [0.2, 0.25) is 0 Å². The number of aliphatic hydroxyl groups excluding tert-OH is 1. The Labute approximate surface area is 305 Å². The summed E-state index contributed by atoms with van der Waals surface area (Å²) in [6.07, 6.45) is 3.07. The Hall–Kier alpha value is -5.44. The molecule has 0 bridgehead atoms. The van der Waals surface area contributed by atoms with Gasteiger partial charge in [0.15, 0.2) is 6.29 Å². The van der Waals surface area contributed by atoms with Gasteiger partial charge in [-0.2, -0.15) is 0 Å². The number of aromatic nitrogens is 1. The zero-order valence-corrected chi connectivity index (χ0v) is 29.1. The lowest BCUT2D eigenvalue weighted by Gasteiger charge is -2.38. The summed E-state index contributed by atoms with van der Waals surface area (Å²) < 4.78 is 13.5. The number of benzene rings is 5. The van der Waals surface area contributed by atoms with E-state index in [-0.39, 0.29) is 24.7 Å². The van der Waals surface area contributed by atoms with Crippen LogP contribution in [-0.4, -0.2) is 33.5 Å². The summed E-state index contributed by atoms with van der Waals surface area (Å²) >= 11 is 0. The Morgan fingerprint density at radius 3 is 2.02 bits per heavy atom. The van der Waals surface area contributed by atoms with Crippen LogP contribution in [0.15, 0.2) is 158 Å². The van der Waals surface area contributed by atoms with Crippen molar-refractivity contribution in [1.82, 2.24) is 15.2 Å². The molecule has 6 aromatic rings. The van der Waals surface area contributed by atoms with E-state index in [1.807, 2.05) is 30.3 Å². The van der Waals surface area contributed by atoms with Crippen molar-refractivity contribution in [3.05, 3.63) is 197 Å². The first-order chi connectivity index (χ1) is 25.6. The minimum Gasteiger partial charge on any atom is -0.392 e. The molecule has 0 radical (unpaired) electrons. The summed E-state index contributed by atoms with van der Waals surface area (Å²) in [6, 6.07) is 49.1. The highest BCUT2D eigenvalue weighted by atomic mass is 16.7. The monoisotopic (exact) mass is 689 g/mol. The second-order valence-electron chi connectivity index (χ2n) is 13.2. The summed E-state index contributed by atoms with van der Waals surface area (Å²) in [6.45, 7) is 2.72. The second kappa shape index (κ2) is 17.2. The van der Waals surface area contributed by atoms with Crippen molar-refractivity contribution in [2.24, 2.45) is 0 Å². The van der Waals surface area contributed by atoms with Crippen LogP contribution < -0.4 is 5.32 Å². The topological polar surface area (TPSA) is 83.9 Å². The SMILES string of the molecule is O=C(NCc1ccccc1-c1ccc(C2OC(CN(Cc3ccccc3)Cc3ccccc3)CC(c3ccc(CO)cc3)O2)cc1)c1cccnc1. The molecule has 0 aliphatic carbocycles. The van der Waals surface area contributed by atoms with E-state index in [0.29, 0.717) is 18.5 Å². The van der Waals surface area contributed by atoms with E-state index in [0.717, 1.165) is 53.0 Å². The molecule has 1 aromatic heterocycles. The van der Waals surface area contributed by atoms with Crippen LogP contribution in [0, 0.1) is 0 Å². The molecule has 1 amide bonds. The minimum absolute atomic E-state index is 0.000447. The second-order valence-corrected chi connectivity index (χ2v) is 13.2. The molecular formula is C45H43N3O4. The number of amides is 1. The lowest BCUT2D eigenvalue weighted by molar-refractivity contribution is -0.253. The Morgan fingerprint density at radius 2 is 1.37 bits per heavy atom. The molecule has 7 nitrogen and oxygen atoms in total. The first-order valence-corrected chi connectivity index (χ1v) is 17.8. The molecular weight excluding hydrogens is 647 g/mol. The molecule has 0 spiro atoms. The van der Waals surface area contributed by atoms with Crippen molar-refractivity contribution < 1.29 is 19.4 Å². The lowest BCUT2D eigenvalue weighted by atomic mass is 9.97. The standard InChI is InChI=1S/C45H43N3O4/c49-32-35-17-19-37(20-18-35)43-26-41(31-48(29-33-10-3-1-4-11-33)30-34-12-5-2-6-13-34)51-45(52-43)38-23-21-36(22-24-38)42-16-8-7-14-39(42)28-47-44(50)40-15-9-25-46-27-40/h1-25,27,41,43,45,49H,26,28-32H2,(H,47,50). The van der Waals surface area contributed by atoms with Crippen molar-refractivity contribution in [2.45, 2.75) is 51.2 Å². The predicted molar refractivity (Wildman–Crippen MR) is 203 cm³/mol. The number of rotatable bonds is 13. The van der Waals surface area contributed by atoms with Gasteiger partial charge in [0.05, 0.1) is 24.4 Å². The number of carbonyl (C=O) groups excluding carboxylic acids is 1. The molecule has 1 aliphatic heterocycles. The predicted octanol–water partition coefficient (Wildman–Crippen LogP) is 8.42. The third kappa shape index (κ3) is 9.07. The summed E-state index contributed by atoms with van der Waals surface area (Å²) in [7, 11) is 0. The van der Waals surface area contributed by atoms with Crippen molar-refractivity contribution >= 4 is 5.91 Å². The summed E-state index contributed by atoms with van der Waals surface area (Å²) in [5, 5.41) is 12.7. The van der Waals surface area contributed by atoms with Crippen molar-refractivity contribution in [2.75, 3.05) is 6.54 Å². The number of hydrogen-bond donors (Lipinski definition) is 2. The molecule has 0 saturated carbocycles. The van der Waals surface area contributed by atoms with Gasteiger partial charge < -0.3 is 19.9 Å². The molecule has 2 heterocycles. The van der Waals surface area contributed by atoms with Gasteiger partial charge in [-0.15, -0.1) is 0 Å². The Balaban J connectivity index is 1.11. The number of nitrogens with zero attached hydrogens (tertiary/aromatic N) is 2. The Morgan fingerprint density at radius 1 is 0.712 bits per heavy atom. The van der Waals surface area contributed by atoms with Crippen molar-refractivity contribution in [1.29, 1.82) is 0 Å². The van der Waals surface area contributed by atoms with Crippen LogP contribution >= 0.6 is 0 Å². The van der Waals surface area contributed by atoms with E-state index in [2.05, 4.69) is 118 Å². The quantitative estimate of drug-likeness (QED) is 0.127. The van der Waals surface area contributed by atoms with Gasteiger partial charge in [-0.05, 0) is 51.1 Å². The van der Waals surface area contributed by atoms with E-state index in [4.69, 9.17) is 9.47 Å². The molecule has 7 rings (SSSR count). The molecule has 5 aromatic carbocycles. The van der Waals surface area contributed by atoms with E-state index >= 15 is 0 Å². The van der Waals surface area contributed by atoms with Gasteiger partial charge in [-0.1, -0.05) is 133 Å². The maximum Gasteiger partial charge on any atom is 0.253 e. The van der Waals surface area contributed by atoms with Gasteiger partial charge >= 0.3 is 0 Å². The lowest BCUT2D eigenvalue weighted by Crippen LogP contribution is -2.39. The third-order valence-electron chi connectivity index (χ3n) is 9.45. The molecule has 7 heteroatoms. The van der Waals surface area contributed by atoms with E-state index in [9.17, 15) is 9.90 Å². The smallest absolute Gasteiger partial charge is 0.253 e. The third-order valence-corrected chi connectivity index (χ3v) is 9.45. The van der Waals surface area contributed by atoms with Crippen LogP contribution in [0.25, 0.3) is 11.1 Å². The highest BCUT2D eigenvalue weighted by molar-refractivity contribution is 5.93. The van der Waals surface area contributed by atoms with E-state index < -0.39 is 6.29 Å². The van der Waals surface area contributed by atoms with Gasteiger partial charge in [-0.25, -0.2) is 0 Å². The minimum atomic E-state index is -0.570. The number of carbonyl (C=O) groups is 1. The molecule has 52 heavy (non-hydrogen) atoms. The molecule has 3 atom stereocenters. The van der Waals surface area contributed by atoms with Crippen LogP contribution in [-0.2, 0) is 35.7 Å². The average Bonchev–Trinajstić information content (AvgIpc) is 3.21. The van der Waals surface area contributed by atoms with E-state index in [1.54, 1.807) is 24.5 Å². The summed E-state index contributed by atoms with van der Waals surface area (Å²) in [5.74, 6) is -0.161. The fraction of sp³-hybridized carbons (Fsp3) is 0.200. The molecule has 1 fully saturated rings.